The van der Waals surface area contributed by atoms with E-state index in [1.165, 1.54) is 16.9 Å². The maximum absolute atomic E-state index is 12.3. The second-order valence-corrected chi connectivity index (χ2v) is 10.1. The fourth-order valence-corrected chi connectivity index (χ4v) is 5.21. The number of carbonyl (C=O) groups is 1. The summed E-state index contributed by atoms with van der Waals surface area (Å²) in [4.78, 5) is 15.8. The van der Waals surface area contributed by atoms with Crippen molar-refractivity contribution >= 4 is 16.9 Å². The summed E-state index contributed by atoms with van der Waals surface area (Å²) in [6.45, 7) is 5.68. The molecule has 0 amide bonds. The Labute approximate surface area is 187 Å². The maximum atomic E-state index is 12.3. The van der Waals surface area contributed by atoms with Crippen molar-refractivity contribution in [3.63, 3.8) is 0 Å². The third-order valence-electron chi connectivity index (χ3n) is 4.52. The lowest BCUT2D eigenvalue weighted by Crippen LogP contribution is -2.34. The number of rotatable bonds is 8. The van der Waals surface area contributed by atoms with Gasteiger partial charge in [0, 0.05) is 18.6 Å². The summed E-state index contributed by atoms with van der Waals surface area (Å²) >= 11 is 0. The topological polar surface area (TPSA) is 44.8 Å². The highest BCUT2D eigenvalue weighted by Gasteiger charge is 2.30. The molecule has 1 atom stereocenters. The molecule has 0 aliphatic carbocycles. The Bertz CT molecular complexity index is 928. The molecule has 162 valence electrons. The van der Waals surface area contributed by atoms with E-state index in [0.29, 0.717) is 5.75 Å². The van der Waals surface area contributed by atoms with Gasteiger partial charge in [-0.05, 0) is 36.4 Å². The molecule has 0 saturated carbocycles. The molecule has 3 aromatic rings. The van der Waals surface area contributed by atoms with Crippen LogP contribution in [-0.2, 0) is 25.2 Å². The first-order valence-electron chi connectivity index (χ1n) is 10.2. The number of methoxy groups -OCH3 is 1. The molecule has 0 bridgehead atoms. The zero-order valence-electron chi connectivity index (χ0n) is 18.4. The second kappa shape index (κ2) is 10.5. The third kappa shape index (κ3) is 6.36. The number of benzene rings is 3. The van der Waals surface area contributed by atoms with Gasteiger partial charge in [-0.25, -0.2) is 4.79 Å². The Balaban J connectivity index is 1.77. The molecule has 4 nitrogen and oxygen atoms in total. The predicted octanol–water partition coefficient (Wildman–Crippen LogP) is 5.72. The van der Waals surface area contributed by atoms with Gasteiger partial charge in [-0.3, -0.25) is 0 Å². The van der Waals surface area contributed by atoms with E-state index >= 15 is 0 Å². The summed E-state index contributed by atoms with van der Waals surface area (Å²) in [5, 5.41) is 0. The van der Waals surface area contributed by atoms with Crippen molar-refractivity contribution in [2.75, 3.05) is 13.7 Å². The quantitative estimate of drug-likeness (QED) is 0.257. The van der Waals surface area contributed by atoms with Crippen LogP contribution in [0.4, 0.5) is 0 Å². The highest BCUT2D eigenvalue weighted by Crippen LogP contribution is 2.32. The molecule has 3 rings (SSSR count). The molecular weight excluding hydrogens is 408 g/mol. The van der Waals surface area contributed by atoms with Crippen LogP contribution in [0, 0.1) is 5.41 Å². The predicted molar refractivity (Wildman–Crippen MR) is 123 cm³/mol. The summed E-state index contributed by atoms with van der Waals surface area (Å²) in [7, 11) is 1.25. The molecule has 3 aromatic carbocycles. The van der Waals surface area contributed by atoms with E-state index in [9.17, 15) is 4.79 Å². The number of ether oxygens (including phenoxy) is 3. The lowest BCUT2D eigenvalue weighted by molar-refractivity contribution is -0.197. The van der Waals surface area contributed by atoms with Gasteiger partial charge in [0.1, 0.15) is 5.75 Å². The Hall–Kier alpha value is -2.76. The minimum absolute atomic E-state index is 0.177. The smallest absolute Gasteiger partial charge is 0.346 e. The van der Waals surface area contributed by atoms with Crippen LogP contribution in [0.2, 0.25) is 0 Å². The van der Waals surface area contributed by atoms with Gasteiger partial charge in [0.25, 0.3) is 0 Å². The number of esters is 1. The zero-order valence-corrected chi connectivity index (χ0v) is 19.2. The lowest BCUT2D eigenvalue weighted by Gasteiger charge is -2.28. The standard InChI is InChI=1S/C26H29O4S/c1-26(2,3)25(28-4)30-24(27)19-29-20-12-11-17-23(18-20)31(21-13-7-5-8-14-21)22-15-9-6-10-16-22/h5-18,25H,19H2,1-4H3/q+1. The molecule has 0 N–H and O–H groups in total. The number of hydrogen-bond acceptors (Lipinski definition) is 4. The van der Waals surface area contributed by atoms with E-state index in [-0.39, 0.29) is 22.9 Å². The first-order chi connectivity index (χ1) is 14.9. The maximum Gasteiger partial charge on any atom is 0.346 e. The molecule has 0 fully saturated rings. The van der Waals surface area contributed by atoms with Crippen LogP contribution in [-0.4, -0.2) is 26.0 Å². The molecule has 1 unspecified atom stereocenters. The Morgan fingerprint density at radius 1 is 0.839 bits per heavy atom. The van der Waals surface area contributed by atoms with Gasteiger partial charge in [0.2, 0.25) is 6.29 Å². The normalized spacial score (nSPS) is 12.4. The van der Waals surface area contributed by atoms with Crippen LogP contribution in [0.1, 0.15) is 20.8 Å². The van der Waals surface area contributed by atoms with E-state index in [1.54, 1.807) is 0 Å². The summed E-state index contributed by atoms with van der Waals surface area (Å²) in [5.74, 6) is 0.167. The van der Waals surface area contributed by atoms with Crippen molar-refractivity contribution in [1.82, 2.24) is 0 Å². The second-order valence-electron chi connectivity index (χ2n) is 8.12. The lowest BCUT2D eigenvalue weighted by atomic mass is 9.96. The molecule has 0 radical (unpaired) electrons. The monoisotopic (exact) mass is 437 g/mol. The van der Waals surface area contributed by atoms with Crippen molar-refractivity contribution < 1.29 is 19.0 Å². The SMILES string of the molecule is COC(OC(=O)COc1cccc([S+](c2ccccc2)c2ccccc2)c1)C(C)(C)C. The molecule has 0 saturated heterocycles. The Morgan fingerprint density at radius 3 is 1.90 bits per heavy atom. The summed E-state index contributed by atoms with van der Waals surface area (Å²) in [6.07, 6.45) is -0.628. The van der Waals surface area contributed by atoms with Crippen LogP contribution >= 0.6 is 0 Å². The van der Waals surface area contributed by atoms with E-state index in [0.717, 1.165) is 4.90 Å². The number of carbonyl (C=O) groups excluding carboxylic acids is 1. The van der Waals surface area contributed by atoms with Crippen molar-refractivity contribution in [3.8, 4) is 5.75 Å². The third-order valence-corrected chi connectivity index (χ3v) is 6.73. The van der Waals surface area contributed by atoms with Crippen LogP contribution < -0.4 is 4.74 Å². The molecule has 31 heavy (non-hydrogen) atoms. The largest absolute Gasteiger partial charge is 0.482 e. The van der Waals surface area contributed by atoms with Crippen LogP contribution in [0.5, 0.6) is 5.75 Å². The summed E-state index contributed by atoms with van der Waals surface area (Å²) in [6, 6.07) is 28.7. The van der Waals surface area contributed by atoms with Gasteiger partial charge < -0.3 is 14.2 Å². The Morgan fingerprint density at radius 2 is 1.39 bits per heavy atom. The first-order valence-corrected chi connectivity index (χ1v) is 11.4. The van der Waals surface area contributed by atoms with Crippen molar-refractivity contribution in [3.05, 3.63) is 84.9 Å². The fourth-order valence-electron chi connectivity index (χ4n) is 3.09. The molecular formula is C26H29O4S+. The minimum Gasteiger partial charge on any atom is -0.482 e. The highest BCUT2D eigenvalue weighted by molar-refractivity contribution is 7.97. The molecule has 5 heteroatoms. The van der Waals surface area contributed by atoms with E-state index in [4.69, 9.17) is 14.2 Å². The Kier molecular flexibility index (Phi) is 7.77. The highest BCUT2D eigenvalue weighted by atomic mass is 32.2. The number of hydrogen-bond donors (Lipinski definition) is 0. The molecule has 0 aliphatic heterocycles. The minimum atomic E-state index is -0.628. The van der Waals surface area contributed by atoms with Gasteiger partial charge in [0.15, 0.2) is 21.3 Å². The average molecular weight is 438 g/mol. The first kappa shape index (κ1) is 22.9. The van der Waals surface area contributed by atoms with Crippen molar-refractivity contribution in [2.45, 2.75) is 41.7 Å². The summed E-state index contributed by atoms with van der Waals surface area (Å²) < 4.78 is 16.5. The van der Waals surface area contributed by atoms with Crippen molar-refractivity contribution in [1.29, 1.82) is 0 Å². The van der Waals surface area contributed by atoms with E-state index in [2.05, 4.69) is 54.6 Å². The van der Waals surface area contributed by atoms with Gasteiger partial charge in [-0.1, -0.05) is 63.2 Å². The van der Waals surface area contributed by atoms with Crippen molar-refractivity contribution in [2.24, 2.45) is 5.41 Å². The van der Waals surface area contributed by atoms with Crippen LogP contribution in [0.25, 0.3) is 0 Å². The average Bonchev–Trinajstić information content (AvgIpc) is 2.77. The zero-order chi connectivity index (χ0) is 22.3. The molecule has 0 aromatic heterocycles. The van der Waals surface area contributed by atoms with Crippen LogP contribution in [0.3, 0.4) is 0 Å². The van der Waals surface area contributed by atoms with Gasteiger partial charge in [-0.2, -0.15) is 0 Å². The fraction of sp³-hybridized carbons (Fsp3) is 0.269. The van der Waals surface area contributed by atoms with Gasteiger partial charge in [-0.15, -0.1) is 0 Å². The summed E-state index contributed by atoms with van der Waals surface area (Å²) in [5.41, 5.74) is -0.315. The van der Waals surface area contributed by atoms with Gasteiger partial charge >= 0.3 is 5.97 Å². The van der Waals surface area contributed by atoms with Gasteiger partial charge in [0.05, 0.1) is 10.9 Å². The van der Waals surface area contributed by atoms with Crippen LogP contribution in [0.15, 0.2) is 99.6 Å². The van der Waals surface area contributed by atoms with E-state index < -0.39 is 12.3 Å². The van der Waals surface area contributed by atoms with E-state index in [1.807, 2.05) is 51.1 Å². The molecule has 0 heterocycles. The molecule has 0 spiro atoms. The molecule has 0 aliphatic rings.